The van der Waals surface area contributed by atoms with E-state index in [4.69, 9.17) is 5.73 Å². The predicted octanol–water partition coefficient (Wildman–Crippen LogP) is 0.233. The first kappa shape index (κ1) is 9.86. The third-order valence-electron chi connectivity index (χ3n) is 2.57. The molecule has 0 bridgehead atoms. The fourth-order valence-electron chi connectivity index (χ4n) is 1.84. The maximum absolute atomic E-state index is 11.6. The second-order valence-corrected chi connectivity index (χ2v) is 3.51. The zero-order valence-electron chi connectivity index (χ0n) is 8.27. The van der Waals surface area contributed by atoms with E-state index in [1.165, 1.54) is 4.90 Å². The molecule has 1 aliphatic heterocycles. The summed E-state index contributed by atoms with van der Waals surface area (Å²) >= 11 is 0. The molecule has 1 aliphatic rings. The van der Waals surface area contributed by atoms with Gasteiger partial charge in [-0.2, -0.15) is 0 Å². The topological polar surface area (TPSA) is 63.4 Å². The zero-order chi connectivity index (χ0) is 10.8. The van der Waals surface area contributed by atoms with Gasteiger partial charge in [0.15, 0.2) is 0 Å². The van der Waals surface area contributed by atoms with E-state index in [1.54, 1.807) is 0 Å². The molecule has 0 aliphatic carbocycles. The van der Waals surface area contributed by atoms with Crippen molar-refractivity contribution >= 4 is 17.9 Å². The van der Waals surface area contributed by atoms with Gasteiger partial charge in [-0.05, 0) is 17.2 Å². The quantitative estimate of drug-likeness (QED) is 0.717. The number of nitrogens with two attached hydrogens (primary N) is 1. The summed E-state index contributed by atoms with van der Waals surface area (Å²) in [5.41, 5.74) is 8.33. The molecule has 0 unspecified atom stereocenters. The average molecular weight is 204 g/mol. The summed E-state index contributed by atoms with van der Waals surface area (Å²) < 4.78 is 0. The minimum absolute atomic E-state index is 0.0220. The second-order valence-electron chi connectivity index (χ2n) is 3.51. The molecular weight excluding hydrogens is 192 g/mol. The van der Waals surface area contributed by atoms with Gasteiger partial charge in [-0.15, -0.1) is 0 Å². The Morgan fingerprint density at radius 2 is 2.27 bits per heavy atom. The fraction of sp³-hybridized carbons (Fsp3) is 0.273. The molecule has 1 heterocycles. The van der Waals surface area contributed by atoms with Gasteiger partial charge in [-0.25, -0.2) is 0 Å². The first-order valence-corrected chi connectivity index (χ1v) is 4.82. The molecule has 1 aromatic rings. The van der Waals surface area contributed by atoms with E-state index in [9.17, 15) is 9.59 Å². The molecular formula is C11H12N2O2. The smallest absolute Gasteiger partial charge is 0.231 e. The fourth-order valence-corrected chi connectivity index (χ4v) is 1.84. The van der Waals surface area contributed by atoms with Crippen molar-refractivity contribution in [1.29, 1.82) is 0 Å². The van der Waals surface area contributed by atoms with E-state index in [2.05, 4.69) is 0 Å². The SMILES string of the molecule is NCc1ccc2c(c1)CC(=O)N2CC=O. The summed E-state index contributed by atoms with van der Waals surface area (Å²) in [5, 5.41) is 0. The molecule has 0 radical (unpaired) electrons. The largest absolute Gasteiger partial charge is 0.326 e. The number of fused-ring (bicyclic) bond motifs is 1. The van der Waals surface area contributed by atoms with Crippen molar-refractivity contribution in [2.75, 3.05) is 11.4 Å². The molecule has 78 valence electrons. The molecule has 0 saturated heterocycles. The van der Waals surface area contributed by atoms with Crippen LogP contribution in [0.1, 0.15) is 11.1 Å². The standard InChI is InChI=1S/C11H12N2O2/c12-7-8-1-2-10-9(5-8)6-11(15)13(10)3-4-14/h1-2,4-5H,3,6-7,12H2. The van der Waals surface area contributed by atoms with Gasteiger partial charge in [0.2, 0.25) is 5.91 Å². The van der Waals surface area contributed by atoms with E-state index in [1.807, 2.05) is 18.2 Å². The van der Waals surface area contributed by atoms with Crippen LogP contribution in [0, 0.1) is 0 Å². The highest BCUT2D eigenvalue weighted by molar-refractivity contribution is 6.03. The first-order valence-electron chi connectivity index (χ1n) is 4.82. The summed E-state index contributed by atoms with van der Waals surface area (Å²) in [4.78, 5) is 23.5. The molecule has 0 fully saturated rings. The highest BCUT2D eigenvalue weighted by Crippen LogP contribution is 2.28. The van der Waals surface area contributed by atoms with Gasteiger partial charge in [0.25, 0.3) is 0 Å². The van der Waals surface area contributed by atoms with Crippen molar-refractivity contribution < 1.29 is 9.59 Å². The van der Waals surface area contributed by atoms with Crippen LogP contribution in [0.5, 0.6) is 0 Å². The molecule has 1 aromatic carbocycles. The lowest BCUT2D eigenvalue weighted by Gasteiger charge is -2.13. The minimum atomic E-state index is -0.0220. The van der Waals surface area contributed by atoms with Crippen molar-refractivity contribution in [2.24, 2.45) is 5.73 Å². The summed E-state index contributed by atoms with van der Waals surface area (Å²) in [5.74, 6) is -0.0220. The van der Waals surface area contributed by atoms with E-state index in [0.29, 0.717) is 13.0 Å². The van der Waals surface area contributed by atoms with E-state index in [-0.39, 0.29) is 12.5 Å². The molecule has 2 rings (SSSR count). The molecule has 4 heteroatoms. The number of rotatable bonds is 3. The van der Waals surface area contributed by atoms with Crippen LogP contribution in [0.15, 0.2) is 18.2 Å². The van der Waals surface area contributed by atoms with Gasteiger partial charge in [0.1, 0.15) is 6.29 Å². The zero-order valence-corrected chi connectivity index (χ0v) is 8.27. The highest BCUT2D eigenvalue weighted by Gasteiger charge is 2.26. The monoisotopic (exact) mass is 204 g/mol. The number of hydrogen-bond donors (Lipinski definition) is 1. The summed E-state index contributed by atoms with van der Waals surface area (Å²) in [6, 6.07) is 5.67. The van der Waals surface area contributed by atoms with Gasteiger partial charge >= 0.3 is 0 Å². The number of hydrogen-bond acceptors (Lipinski definition) is 3. The molecule has 15 heavy (non-hydrogen) atoms. The molecule has 0 aromatic heterocycles. The van der Waals surface area contributed by atoms with Crippen molar-refractivity contribution in [3.05, 3.63) is 29.3 Å². The van der Waals surface area contributed by atoms with Crippen LogP contribution in [-0.2, 0) is 22.6 Å². The van der Waals surface area contributed by atoms with Gasteiger partial charge in [0, 0.05) is 12.2 Å². The maximum Gasteiger partial charge on any atom is 0.231 e. The summed E-state index contributed by atoms with van der Waals surface area (Å²) in [6.45, 7) is 0.600. The Morgan fingerprint density at radius 3 is 2.93 bits per heavy atom. The Hall–Kier alpha value is -1.68. The number of amides is 1. The Labute approximate surface area is 87.7 Å². The Bertz CT molecular complexity index is 415. The summed E-state index contributed by atoms with van der Waals surface area (Å²) in [7, 11) is 0. The van der Waals surface area contributed by atoms with Crippen molar-refractivity contribution in [1.82, 2.24) is 0 Å². The number of anilines is 1. The average Bonchev–Trinajstić information content (AvgIpc) is 2.55. The molecule has 1 amide bonds. The maximum atomic E-state index is 11.6. The third-order valence-corrected chi connectivity index (χ3v) is 2.57. The van der Waals surface area contributed by atoms with Gasteiger partial charge in [0.05, 0.1) is 13.0 Å². The lowest BCUT2D eigenvalue weighted by Crippen LogP contribution is -2.28. The molecule has 0 atom stereocenters. The molecule has 0 saturated carbocycles. The second kappa shape index (κ2) is 3.82. The van der Waals surface area contributed by atoms with Crippen LogP contribution in [0.3, 0.4) is 0 Å². The van der Waals surface area contributed by atoms with Crippen LogP contribution in [0.2, 0.25) is 0 Å². The highest BCUT2D eigenvalue weighted by atomic mass is 16.2. The number of aldehydes is 1. The van der Waals surface area contributed by atoms with Gasteiger partial charge in [-0.3, -0.25) is 4.79 Å². The van der Waals surface area contributed by atoms with Gasteiger partial charge in [-0.1, -0.05) is 12.1 Å². The third kappa shape index (κ3) is 1.64. The Morgan fingerprint density at radius 1 is 1.47 bits per heavy atom. The number of nitrogens with zero attached hydrogens (tertiary/aromatic N) is 1. The Kier molecular flexibility index (Phi) is 2.51. The lowest BCUT2D eigenvalue weighted by atomic mass is 10.1. The normalized spacial score (nSPS) is 14.2. The number of benzene rings is 1. The van der Waals surface area contributed by atoms with Crippen molar-refractivity contribution in [3.8, 4) is 0 Å². The Balaban J connectivity index is 2.38. The molecule has 4 nitrogen and oxygen atoms in total. The van der Waals surface area contributed by atoms with Crippen LogP contribution < -0.4 is 10.6 Å². The molecule has 2 N–H and O–H groups in total. The lowest BCUT2D eigenvalue weighted by molar-refractivity contribution is -0.118. The minimum Gasteiger partial charge on any atom is -0.326 e. The van der Waals surface area contributed by atoms with Crippen molar-refractivity contribution in [3.63, 3.8) is 0 Å². The van der Waals surface area contributed by atoms with Crippen LogP contribution >= 0.6 is 0 Å². The number of carbonyl (C=O) groups is 2. The number of carbonyl (C=O) groups excluding carboxylic acids is 2. The first-order chi connectivity index (χ1) is 7.26. The molecule has 0 spiro atoms. The van der Waals surface area contributed by atoms with Crippen LogP contribution in [-0.4, -0.2) is 18.7 Å². The van der Waals surface area contributed by atoms with Crippen molar-refractivity contribution in [2.45, 2.75) is 13.0 Å². The van der Waals surface area contributed by atoms with E-state index in [0.717, 1.165) is 23.1 Å². The van der Waals surface area contributed by atoms with Crippen LogP contribution in [0.25, 0.3) is 0 Å². The van der Waals surface area contributed by atoms with E-state index < -0.39 is 0 Å². The summed E-state index contributed by atoms with van der Waals surface area (Å²) in [6.07, 6.45) is 1.11. The van der Waals surface area contributed by atoms with E-state index >= 15 is 0 Å². The predicted molar refractivity (Wildman–Crippen MR) is 56.5 cm³/mol. The van der Waals surface area contributed by atoms with Gasteiger partial charge < -0.3 is 15.4 Å². The van der Waals surface area contributed by atoms with Crippen LogP contribution in [0.4, 0.5) is 5.69 Å².